The van der Waals surface area contributed by atoms with Crippen LogP contribution in [-0.4, -0.2) is 80.8 Å². The Hall–Kier alpha value is -2.83. The molecule has 3 fully saturated rings. The zero-order valence-electron chi connectivity index (χ0n) is 18.6. The van der Waals surface area contributed by atoms with Crippen molar-refractivity contribution in [1.29, 1.82) is 0 Å². The number of imide groups is 1. The zero-order valence-corrected chi connectivity index (χ0v) is 19.4. The molecule has 184 valence electrons. The summed E-state index contributed by atoms with van der Waals surface area (Å²) in [5.74, 6) is -2.97. The molecule has 2 saturated heterocycles. The van der Waals surface area contributed by atoms with Crippen LogP contribution in [0.5, 0.6) is 0 Å². The number of anilines is 1. The second-order valence-electron chi connectivity index (χ2n) is 8.51. The lowest BCUT2D eigenvalue weighted by atomic mass is 9.81. The van der Waals surface area contributed by atoms with Gasteiger partial charge in [0, 0.05) is 18.8 Å². The molecule has 2 heterocycles. The van der Waals surface area contributed by atoms with Crippen LogP contribution in [0.1, 0.15) is 25.7 Å². The maximum atomic E-state index is 12.8. The number of nitrogens with one attached hydrogen (secondary N) is 1. The molecule has 0 aromatic heterocycles. The van der Waals surface area contributed by atoms with Crippen molar-refractivity contribution in [3.63, 3.8) is 0 Å². The summed E-state index contributed by atoms with van der Waals surface area (Å²) in [6.45, 7) is -0.0295. The first kappa shape index (κ1) is 24.3. The molecule has 4 rings (SSSR count). The van der Waals surface area contributed by atoms with E-state index in [0.717, 1.165) is 17.7 Å². The number of carbonyl (C=O) groups is 4. The lowest BCUT2D eigenvalue weighted by Gasteiger charge is -2.26. The molecule has 1 N–H and O–H groups in total. The Morgan fingerprint density at radius 1 is 1.06 bits per heavy atom. The number of rotatable bonds is 7. The Balaban J connectivity index is 1.29. The van der Waals surface area contributed by atoms with Crippen LogP contribution in [-0.2, 0) is 38.7 Å². The minimum absolute atomic E-state index is 0.0247. The van der Waals surface area contributed by atoms with Crippen molar-refractivity contribution in [3.8, 4) is 0 Å². The van der Waals surface area contributed by atoms with Crippen LogP contribution in [0.2, 0.25) is 0 Å². The SMILES string of the molecule is O=C(COC(=O)CN1C(=O)C2CCCCC2C1=O)Nc1cccc(S(=O)(=O)N2CCOCC2)c1. The molecule has 3 aliphatic rings. The summed E-state index contributed by atoms with van der Waals surface area (Å²) in [5, 5.41) is 2.49. The fourth-order valence-corrected chi connectivity index (χ4v) is 6.03. The van der Waals surface area contributed by atoms with E-state index in [4.69, 9.17) is 9.47 Å². The van der Waals surface area contributed by atoms with Gasteiger partial charge in [0.2, 0.25) is 21.8 Å². The Morgan fingerprint density at radius 2 is 1.71 bits per heavy atom. The summed E-state index contributed by atoms with van der Waals surface area (Å²) < 4.78 is 37.0. The molecule has 1 aromatic rings. The van der Waals surface area contributed by atoms with E-state index in [1.807, 2.05) is 0 Å². The number of carbonyl (C=O) groups excluding carboxylic acids is 4. The zero-order chi connectivity index (χ0) is 24.3. The molecule has 2 aliphatic heterocycles. The molecule has 1 aromatic carbocycles. The first-order valence-corrected chi connectivity index (χ1v) is 12.7. The monoisotopic (exact) mass is 493 g/mol. The normalized spacial score (nSPS) is 23.5. The van der Waals surface area contributed by atoms with Gasteiger partial charge in [0.15, 0.2) is 6.61 Å². The first-order chi connectivity index (χ1) is 16.3. The number of benzene rings is 1. The quantitative estimate of drug-likeness (QED) is 0.424. The van der Waals surface area contributed by atoms with Gasteiger partial charge < -0.3 is 14.8 Å². The van der Waals surface area contributed by atoms with Crippen molar-refractivity contribution >= 4 is 39.4 Å². The molecule has 1 saturated carbocycles. The van der Waals surface area contributed by atoms with Crippen LogP contribution >= 0.6 is 0 Å². The fraction of sp³-hybridized carbons (Fsp3) is 0.545. The van der Waals surface area contributed by atoms with Gasteiger partial charge in [-0.25, -0.2) is 8.42 Å². The molecule has 0 spiro atoms. The maximum absolute atomic E-state index is 12.8. The van der Waals surface area contributed by atoms with Crippen molar-refractivity contribution in [2.75, 3.05) is 44.8 Å². The van der Waals surface area contributed by atoms with Crippen LogP contribution in [0.3, 0.4) is 0 Å². The van der Waals surface area contributed by atoms with Crippen molar-refractivity contribution < 1.29 is 37.1 Å². The average molecular weight is 494 g/mol. The van der Waals surface area contributed by atoms with E-state index in [0.29, 0.717) is 26.1 Å². The molecule has 0 bridgehead atoms. The summed E-state index contributed by atoms with van der Waals surface area (Å²) >= 11 is 0. The summed E-state index contributed by atoms with van der Waals surface area (Å²) in [5.41, 5.74) is 0.226. The Morgan fingerprint density at radius 3 is 2.35 bits per heavy atom. The van der Waals surface area contributed by atoms with Crippen molar-refractivity contribution in [3.05, 3.63) is 24.3 Å². The minimum atomic E-state index is -3.73. The molecule has 34 heavy (non-hydrogen) atoms. The predicted octanol–water partition coefficient (Wildman–Crippen LogP) is 0.364. The number of amides is 3. The molecule has 12 heteroatoms. The minimum Gasteiger partial charge on any atom is -0.454 e. The second kappa shape index (κ2) is 10.2. The number of esters is 1. The standard InChI is InChI=1S/C22H27N3O8S/c26-19(14-33-20(27)13-25-21(28)17-6-1-2-7-18(17)22(25)29)23-15-4-3-5-16(12-15)34(30,31)24-8-10-32-11-9-24/h3-5,12,17-18H,1-2,6-11,13-14H2,(H,23,26). The highest BCUT2D eigenvalue weighted by molar-refractivity contribution is 7.89. The van der Waals surface area contributed by atoms with E-state index in [9.17, 15) is 27.6 Å². The lowest BCUT2D eigenvalue weighted by Crippen LogP contribution is -2.40. The van der Waals surface area contributed by atoms with Crippen molar-refractivity contribution in [2.45, 2.75) is 30.6 Å². The van der Waals surface area contributed by atoms with Crippen LogP contribution in [0.15, 0.2) is 29.2 Å². The maximum Gasteiger partial charge on any atom is 0.326 e. The van der Waals surface area contributed by atoms with Gasteiger partial charge in [0.05, 0.1) is 29.9 Å². The first-order valence-electron chi connectivity index (χ1n) is 11.3. The molecular weight excluding hydrogens is 466 g/mol. The Bertz CT molecular complexity index is 1060. The molecule has 2 atom stereocenters. The highest BCUT2D eigenvalue weighted by atomic mass is 32.2. The third-order valence-electron chi connectivity index (χ3n) is 6.31. The third kappa shape index (κ3) is 5.13. The molecular formula is C22H27N3O8S. The summed E-state index contributed by atoms with van der Waals surface area (Å²) in [7, 11) is -3.73. The average Bonchev–Trinajstić information content (AvgIpc) is 3.08. The number of ether oxygens (including phenoxy) is 2. The van der Waals surface area contributed by atoms with Gasteiger partial charge in [-0.2, -0.15) is 4.31 Å². The van der Waals surface area contributed by atoms with Crippen LogP contribution in [0, 0.1) is 11.8 Å². The van der Waals surface area contributed by atoms with E-state index in [2.05, 4.69) is 5.32 Å². The van der Waals surface area contributed by atoms with Crippen molar-refractivity contribution in [2.24, 2.45) is 11.8 Å². The van der Waals surface area contributed by atoms with E-state index in [1.165, 1.54) is 28.6 Å². The van der Waals surface area contributed by atoms with Crippen LogP contribution in [0.25, 0.3) is 0 Å². The summed E-state index contributed by atoms with van der Waals surface area (Å²) in [6, 6.07) is 5.77. The van der Waals surface area contributed by atoms with Gasteiger partial charge in [-0.1, -0.05) is 18.9 Å². The van der Waals surface area contributed by atoms with Gasteiger partial charge in [-0.15, -0.1) is 0 Å². The topological polar surface area (TPSA) is 139 Å². The van der Waals surface area contributed by atoms with E-state index < -0.39 is 35.1 Å². The second-order valence-corrected chi connectivity index (χ2v) is 10.5. The number of hydrogen-bond acceptors (Lipinski definition) is 8. The van der Waals surface area contributed by atoms with E-state index in [-0.39, 0.29) is 47.3 Å². The number of sulfonamides is 1. The van der Waals surface area contributed by atoms with Crippen LogP contribution < -0.4 is 5.32 Å². The molecule has 11 nitrogen and oxygen atoms in total. The molecule has 0 radical (unpaired) electrons. The Labute approximate surface area is 197 Å². The highest BCUT2D eigenvalue weighted by Crippen LogP contribution is 2.37. The summed E-state index contributed by atoms with van der Waals surface area (Å²) in [6.07, 6.45) is 3.05. The lowest BCUT2D eigenvalue weighted by molar-refractivity contribution is -0.154. The van der Waals surface area contributed by atoms with Gasteiger partial charge >= 0.3 is 5.97 Å². The molecule has 1 aliphatic carbocycles. The van der Waals surface area contributed by atoms with E-state index >= 15 is 0 Å². The predicted molar refractivity (Wildman–Crippen MR) is 118 cm³/mol. The number of morpholine rings is 1. The van der Waals surface area contributed by atoms with Gasteiger partial charge in [-0.05, 0) is 31.0 Å². The molecule has 3 amide bonds. The van der Waals surface area contributed by atoms with Gasteiger partial charge in [0.25, 0.3) is 5.91 Å². The smallest absolute Gasteiger partial charge is 0.326 e. The number of hydrogen-bond donors (Lipinski definition) is 1. The largest absolute Gasteiger partial charge is 0.454 e. The number of nitrogens with zero attached hydrogens (tertiary/aromatic N) is 2. The van der Waals surface area contributed by atoms with Crippen LogP contribution in [0.4, 0.5) is 5.69 Å². The fourth-order valence-electron chi connectivity index (χ4n) is 4.58. The third-order valence-corrected chi connectivity index (χ3v) is 8.20. The summed E-state index contributed by atoms with van der Waals surface area (Å²) in [4.78, 5) is 50.3. The highest BCUT2D eigenvalue weighted by Gasteiger charge is 2.48. The van der Waals surface area contributed by atoms with E-state index in [1.54, 1.807) is 0 Å². The molecule has 2 unspecified atom stereocenters. The Kier molecular flexibility index (Phi) is 7.29. The number of likely N-dealkylation sites (tertiary alicyclic amines) is 1. The van der Waals surface area contributed by atoms with Gasteiger partial charge in [-0.3, -0.25) is 24.1 Å². The number of fused-ring (bicyclic) bond motifs is 1. The van der Waals surface area contributed by atoms with Crippen molar-refractivity contribution in [1.82, 2.24) is 9.21 Å². The van der Waals surface area contributed by atoms with Gasteiger partial charge in [0.1, 0.15) is 6.54 Å².